The normalized spacial score (nSPS) is 17.0. The van der Waals surface area contributed by atoms with Crippen molar-refractivity contribution in [3.8, 4) is 0 Å². The maximum Gasteiger partial charge on any atom is 0.267 e. The number of nitrogens with one attached hydrogen (secondary N) is 3. The number of carbonyl (C=O) groups is 1. The van der Waals surface area contributed by atoms with Crippen LogP contribution in [0.2, 0.25) is 0 Å². The molecule has 0 bridgehead atoms. The summed E-state index contributed by atoms with van der Waals surface area (Å²) in [4.78, 5) is 16.5. The molecule has 0 aromatic heterocycles. The summed E-state index contributed by atoms with van der Waals surface area (Å²) in [6, 6.07) is 3.25. The molecule has 1 atom stereocenters. The summed E-state index contributed by atoms with van der Waals surface area (Å²) < 4.78 is 40.7. The van der Waals surface area contributed by atoms with Gasteiger partial charge in [-0.25, -0.2) is 13.2 Å². The number of benzene rings is 1. The molecule has 0 unspecified atom stereocenters. The number of hydrogen-bond acceptors (Lipinski definition) is 6. The Balaban J connectivity index is 2.30. The van der Waals surface area contributed by atoms with Gasteiger partial charge in [-0.1, -0.05) is 18.2 Å². The Morgan fingerprint density at radius 1 is 1.12 bits per heavy atom. The number of carbonyl (C=O) groups excluding carboxylic acids is 1. The third kappa shape index (κ3) is 6.43. The summed E-state index contributed by atoms with van der Waals surface area (Å²) in [5, 5.41) is 13.7. The second-order valence-corrected chi connectivity index (χ2v) is 8.38. The van der Waals surface area contributed by atoms with Crippen LogP contribution in [-0.4, -0.2) is 60.8 Å². The van der Waals surface area contributed by atoms with Crippen molar-refractivity contribution in [1.29, 1.82) is 5.41 Å². The van der Waals surface area contributed by atoms with Crippen LogP contribution in [0.15, 0.2) is 41.4 Å². The molecular formula is C23H34F3N7O. The molecule has 1 heterocycles. The Morgan fingerprint density at radius 3 is 2.24 bits per heavy atom. The maximum absolute atomic E-state index is 14.6. The van der Waals surface area contributed by atoms with E-state index in [4.69, 9.17) is 16.9 Å². The first-order chi connectivity index (χ1) is 16.0. The Labute approximate surface area is 198 Å². The second-order valence-electron chi connectivity index (χ2n) is 8.38. The van der Waals surface area contributed by atoms with E-state index < -0.39 is 29.8 Å². The Bertz CT molecular complexity index is 954. The molecule has 1 aliphatic heterocycles. The average Bonchev–Trinajstić information content (AvgIpc) is 2.81. The lowest BCUT2D eigenvalue weighted by Gasteiger charge is -2.38. The SMILES string of the molecule is CNC(=O)/C(N)=C(/C=C(\N)N1CCN(C(C)C)CC1)C(=N)N[C@H](C)c1cccc(C(F)F)c1F. The fourth-order valence-corrected chi connectivity index (χ4v) is 3.72. The first-order valence-corrected chi connectivity index (χ1v) is 11.1. The molecular weight excluding hydrogens is 447 g/mol. The van der Waals surface area contributed by atoms with Crippen molar-refractivity contribution in [2.45, 2.75) is 39.3 Å². The summed E-state index contributed by atoms with van der Waals surface area (Å²) in [6.45, 7) is 8.70. The number of amidine groups is 1. The van der Waals surface area contributed by atoms with Crippen molar-refractivity contribution in [3.05, 3.63) is 58.3 Å². The number of nitrogens with two attached hydrogens (primary N) is 2. The van der Waals surface area contributed by atoms with Crippen LogP contribution in [0.25, 0.3) is 0 Å². The first-order valence-electron chi connectivity index (χ1n) is 11.1. The number of hydrogen-bond donors (Lipinski definition) is 5. The van der Waals surface area contributed by atoms with Crippen LogP contribution in [0.5, 0.6) is 0 Å². The number of halogens is 3. The molecule has 0 aliphatic carbocycles. The van der Waals surface area contributed by atoms with E-state index in [0.29, 0.717) is 25.0 Å². The largest absolute Gasteiger partial charge is 0.394 e. The number of nitrogens with zero attached hydrogens (tertiary/aromatic N) is 2. The van der Waals surface area contributed by atoms with E-state index in [0.717, 1.165) is 19.2 Å². The predicted molar refractivity (Wildman–Crippen MR) is 126 cm³/mol. The molecule has 0 radical (unpaired) electrons. The number of piperazine rings is 1. The van der Waals surface area contributed by atoms with Crippen LogP contribution in [0.1, 0.15) is 44.4 Å². The summed E-state index contributed by atoms with van der Waals surface area (Å²) in [5.74, 6) is -1.63. The van der Waals surface area contributed by atoms with Crippen molar-refractivity contribution >= 4 is 11.7 Å². The number of amides is 1. The van der Waals surface area contributed by atoms with Gasteiger partial charge in [-0.2, -0.15) is 0 Å². The van der Waals surface area contributed by atoms with Crippen LogP contribution in [0, 0.1) is 11.2 Å². The van der Waals surface area contributed by atoms with E-state index in [-0.39, 0.29) is 22.7 Å². The van der Waals surface area contributed by atoms with Gasteiger partial charge >= 0.3 is 0 Å². The molecule has 0 spiro atoms. The van der Waals surface area contributed by atoms with Gasteiger partial charge in [-0.05, 0) is 26.8 Å². The fourth-order valence-electron chi connectivity index (χ4n) is 3.72. The van der Waals surface area contributed by atoms with Crippen LogP contribution in [0.3, 0.4) is 0 Å². The molecule has 34 heavy (non-hydrogen) atoms. The van der Waals surface area contributed by atoms with E-state index in [1.807, 2.05) is 4.90 Å². The number of alkyl halides is 2. The highest BCUT2D eigenvalue weighted by Crippen LogP contribution is 2.27. The van der Waals surface area contributed by atoms with Crippen LogP contribution >= 0.6 is 0 Å². The molecule has 1 amide bonds. The second kappa shape index (κ2) is 11.8. The lowest BCUT2D eigenvalue weighted by molar-refractivity contribution is -0.117. The molecule has 1 aromatic rings. The van der Waals surface area contributed by atoms with Gasteiger partial charge in [0.15, 0.2) is 0 Å². The molecule has 1 aromatic carbocycles. The topological polar surface area (TPSA) is 124 Å². The van der Waals surface area contributed by atoms with Crippen LogP contribution < -0.4 is 22.1 Å². The van der Waals surface area contributed by atoms with Gasteiger partial charge in [0.25, 0.3) is 12.3 Å². The molecule has 1 fully saturated rings. The number of likely N-dealkylation sites (N-methyl/N-ethyl adjacent to an activating group) is 1. The molecule has 11 heteroatoms. The van der Waals surface area contributed by atoms with E-state index in [2.05, 4.69) is 29.4 Å². The molecule has 8 nitrogen and oxygen atoms in total. The molecule has 1 saturated heterocycles. The van der Waals surface area contributed by atoms with Gasteiger partial charge < -0.3 is 27.0 Å². The average molecular weight is 482 g/mol. The minimum absolute atomic E-state index is 0.0143. The quantitative estimate of drug-likeness (QED) is 0.168. The lowest BCUT2D eigenvalue weighted by atomic mass is 10.0. The molecule has 7 N–H and O–H groups in total. The highest BCUT2D eigenvalue weighted by Gasteiger charge is 2.23. The standard InChI is InChI=1S/C23H34F3N7O/c1-13(2)32-8-10-33(11-9-32)18(27)12-17(20(28)23(34)30-4)22(29)31-14(3)15-6-5-7-16(19(15)24)21(25)26/h5-7,12-14,21H,8-11,27-28H2,1-4H3,(H2,29,31)(H,30,34)/b18-12+,20-17+/t14-/m1/s1. The van der Waals surface area contributed by atoms with Crippen LogP contribution in [-0.2, 0) is 4.79 Å². The number of rotatable bonds is 8. The Kier molecular flexibility index (Phi) is 9.36. The summed E-state index contributed by atoms with van der Waals surface area (Å²) in [5.41, 5.74) is 11.3. The molecule has 0 saturated carbocycles. The minimum atomic E-state index is -2.97. The van der Waals surface area contributed by atoms with Gasteiger partial charge in [0, 0.05) is 50.4 Å². The maximum atomic E-state index is 14.6. The fraction of sp³-hybridized carbons (Fsp3) is 0.478. The van der Waals surface area contributed by atoms with Crippen molar-refractivity contribution < 1.29 is 18.0 Å². The highest BCUT2D eigenvalue weighted by atomic mass is 19.3. The van der Waals surface area contributed by atoms with Gasteiger partial charge in [0.1, 0.15) is 17.3 Å². The van der Waals surface area contributed by atoms with E-state index >= 15 is 0 Å². The lowest BCUT2D eigenvalue weighted by Crippen LogP contribution is -2.49. The molecule has 1 aliphatic rings. The zero-order chi connectivity index (χ0) is 25.6. The van der Waals surface area contributed by atoms with Gasteiger partial charge in [0.05, 0.1) is 17.4 Å². The minimum Gasteiger partial charge on any atom is -0.394 e. The van der Waals surface area contributed by atoms with Crippen LogP contribution in [0.4, 0.5) is 13.2 Å². The van der Waals surface area contributed by atoms with Crippen molar-refractivity contribution in [2.75, 3.05) is 33.2 Å². The summed E-state index contributed by atoms with van der Waals surface area (Å²) in [7, 11) is 1.40. The van der Waals surface area contributed by atoms with Crippen molar-refractivity contribution in [2.24, 2.45) is 11.5 Å². The molecule has 188 valence electrons. The zero-order valence-corrected chi connectivity index (χ0v) is 20.0. The van der Waals surface area contributed by atoms with Crippen molar-refractivity contribution in [1.82, 2.24) is 20.4 Å². The third-order valence-electron chi connectivity index (χ3n) is 5.85. The summed E-state index contributed by atoms with van der Waals surface area (Å²) >= 11 is 0. The van der Waals surface area contributed by atoms with Gasteiger partial charge in [0.2, 0.25) is 0 Å². The Morgan fingerprint density at radius 2 is 1.71 bits per heavy atom. The highest BCUT2D eigenvalue weighted by molar-refractivity contribution is 6.07. The summed E-state index contributed by atoms with van der Waals surface area (Å²) in [6.07, 6.45) is -1.53. The Hall–Kier alpha value is -3.21. The van der Waals surface area contributed by atoms with Gasteiger partial charge in [-0.15, -0.1) is 0 Å². The molecule has 2 rings (SSSR count). The third-order valence-corrected chi connectivity index (χ3v) is 5.85. The van der Waals surface area contributed by atoms with Gasteiger partial charge in [-0.3, -0.25) is 15.1 Å². The van der Waals surface area contributed by atoms with E-state index in [1.54, 1.807) is 0 Å². The first kappa shape index (κ1) is 27.0. The zero-order valence-electron chi connectivity index (χ0n) is 20.0. The van der Waals surface area contributed by atoms with E-state index in [1.165, 1.54) is 32.2 Å². The predicted octanol–water partition coefficient (Wildman–Crippen LogP) is 2.18. The van der Waals surface area contributed by atoms with Crippen molar-refractivity contribution in [3.63, 3.8) is 0 Å². The monoisotopic (exact) mass is 481 g/mol. The van der Waals surface area contributed by atoms with E-state index in [9.17, 15) is 18.0 Å². The smallest absolute Gasteiger partial charge is 0.267 e.